The van der Waals surface area contributed by atoms with Crippen molar-refractivity contribution in [2.24, 2.45) is 0 Å². The zero-order valence-electron chi connectivity index (χ0n) is 12.3. The summed E-state index contributed by atoms with van der Waals surface area (Å²) in [7, 11) is 0. The predicted molar refractivity (Wildman–Crippen MR) is 83.0 cm³/mol. The van der Waals surface area contributed by atoms with Gasteiger partial charge in [-0.1, -0.05) is 60.7 Å². The highest BCUT2D eigenvalue weighted by Crippen LogP contribution is 2.26. The summed E-state index contributed by atoms with van der Waals surface area (Å²) < 4.78 is 0. The lowest BCUT2D eigenvalue weighted by Gasteiger charge is -2.30. The van der Waals surface area contributed by atoms with Crippen molar-refractivity contribution in [3.8, 4) is 0 Å². The van der Waals surface area contributed by atoms with Crippen LogP contribution in [0.15, 0.2) is 60.7 Å². The number of ketones is 1. The van der Waals surface area contributed by atoms with Crippen LogP contribution in [0.4, 0.5) is 0 Å². The third-order valence-corrected chi connectivity index (χ3v) is 3.47. The minimum atomic E-state index is -0.708. The summed E-state index contributed by atoms with van der Waals surface area (Å²) in [6, 6.07) is 18.7. The van der Waals surface area contributed by atoms with Gasteiger partial charge in [-0.3, -0.25) is 9.59 Å². The normalized spacial score (nSPS) is 13.2. The van der Waals surface area contributed by atoms with E-state index in [4.69, 9.17) is 0 Å². The number of nitrogens with one attached hydrogen (secondary N) is 1. The maximum Gasteiger partial charge on any atom is 0.217 e. The summed E-state index contributed by atoms with van der Waals surface area (Å²) in [6.07, 6.45) is 0.223. The fraction of sp³-hybridized carbons (Fsp3) is 0.222. The molecule has 0 aromatic heterocycles. The Hall–Kier alpha value is -2.42. The first kappa shape index (κ1) is 15.0. The maximum atomic E-state index is 12.5. The van der Waals surface area contributed by atoms with Crippen LogP contribution in [0.1, 0.15) is 36.2 Å². The molecule has 2 aromatic rings. The summed E-state index contributed by atoms with van der Waals surface area (Å²) in [5.74, 6) is -0.141. The van der Waals surface area contributed by atoms with E-state index in [1.165, 1.54) is 6.92 Å². The lowest BCUT2D eigenvalue weighted by molar-refractivity contribution is -0.120. The van der Waals surface area contributed by atoms with Crippen molar-refractivity contribution < 1.29 is 9.59 Å². The molecule has 1 atom stereocenters. The zero-order valence-corrected chi connectivity index (χ0v) is 12.3. The van der Waals surface area contributed by atoms with Gasteiger partial charge in [0, 0.05) is 18.9 Å². The minimum absolute atomic E-state index is 0.00991. The highest BCUT2D eigenvalue weighted by Gasteiger charge is 2.30. The fourth-order valence-electron chi connectivity index (χ4n) is 2.46. The van der Waals surface area contributed by atoms with Gasteiger partial charge in [-0.2, -0.15) is 0 Å². The van der Waals surface area contributed by atoms with Crippen LogP contribution in [0.5, 0.6) is 0 Å². The van der Waals surface area contributed by atoms with E-state index in [1.54, 1.807) is 12.1 Å². The Kier molecular flexibility index (Phi) is 4.53. The number of carbonyl (C=O) groups excluding carboxylic acids is 2. The highest BCUT2D eigenvalue weighted by molar-refractivity contribution is 5.97. The zero-order chi connectivity index (χ0) is 15.3. The van der Waals surface area contributed by atoms with Gasteiger partial charge in [0.1, 0.15) is 0 Å². The number of Topliss-reactive ketones (excluding diaryl/α,β-unsaturated/α-hetero) is 1. The molecule has 2 rings (SSSR count). The summed E-state index contributed by atoms with van der Waals surface area (Å²) in [5, 5.41) is 2.91. The van der Waals surface area contributed by atoms with E-state index in [-0.39, 0.29) is 18.1 Å². The molecule has 0 heterocycles. The molecule has 1 amide bonds. The van der Waals surface area contributed by atoms with Crippen molar-refractivity contribution >= 4 is 11.7 Å². The summed E-state index contributed by atoms with van der Waals surface area (Å²) >= 11 is 0. The van der Waals surface area contributed by atoms with Gasteiger partial charge >= 0.3 is 0 Å². The molecule has 0 saturated heterocycles. The molecule has 3 heteroatoms. The quantitative estimate of drug-likeness (QED) is 0.855. The number of hydrogen-bond donors (Lipinski definition) is 1. The summed E-state index contributed by atoms with van der Waals surface area (Å²) in [4.78, 5) is 24.0. The number of amides is 1. The van der Waals surface area contributed by atoms with Crippen molar-refractivity contribution in [2.45, 2.75) is 25.8 Å². The molecule has 0 saturated carbocycles. The van der Waals surface area contributed by atoms with Crippen LogP contribution in [0.3, 0.4) is 0 Å². The molecule has 1 N–H and O–H groups in total. The van der Waals surface area contributed by atoms with E-state index in [0.29, 0.717) is 5.56 Å². The second kappa shape index (κ2) is 6.35. The van der Waals surface area contributed by atoms with Crippen molar-refractivity contribution in [3.05, 3.63) is 71.8 Å². The molecule has 0 unspecified atom stereocenters. The highest BCUT2D eigenvalue weighted by atomic mass is 16.1. The molecule has 0 aliphatic carbocycles. The Balaban J connectivity index is 2.29. The van der Waals surface area contributed by atoms with Gasteiger partial charge in [0.2, 0.25) is 5.91 Å². The van der Waals surface area contributed by atoms with Gasteiger partial charge in [-0.25, -0.2) is 0 Å². The Morgan fingerprint density at radius 3 is 2.00 bits per heavy atom. The fourth-order valence-corrected chi connectivity index (χ4v) is 2.46. The van der Waals surface area contributed by atoms with E-state index >= 15 is 0 Å². The molecule has 0 radical (unpaired) electrons. The summed E-state index contributed by atoms with van der Waals surface area (Å²) in [5.41, 5.74) is 0.870. The van der Waals surface area contributed by atoms with Crippen LogP contribution >= 0.6 is 0 Å². The number of benzene rings is 2. The molecule has 3 nitrogen and oxygen atoms in total. The predicted octanol–water partition coefficient (Wildman–Crippen LogP) is 3.31. The van der Waals surface area contributed by atoms with Crippen LogP contribution in [-0.2, 0) is 10.3 Å². The topological polar surface area (TPSA) is 46.2 Å². The monoisotopic (exact) mass is 281 g/mol. The molecule has 21 heavy (non-hydrogen) atoms. The molecular weight excluding hydrogens is 262 g/mol. The summed E-state index contributed by atoms with van der Waals surface area (Å²) in [6.45, 7) is 3.35. The first-order valence-corrected chi connectivity index (χ1v) is 6.94. The van der Waals surface area contributed by atoms with Crippen molar-refractivity contribution in [1.82, 2.24) is 5.32 Å². The smallest absolute Gasteiger partial charge is 0.217 e. The SMILES string of the molecule is CC(=O)N[C@](C)(CC(=O)c1ccccc1)c1ccccc1. The van der Waals surface area contributed by atoms with Crippen LogP contribution in [0, 0.1) is 0 Å². The van der Waals surface area contributed by atoms with E-state index in [0.717, 1.165) is 5.56 Å². The van der Waals surface area contributed by atoms with Crippen LogP contribution in [0.25, 0.3) is 0 Å². The van der Waals surface area contributed by atoms with Crippen molar-refractivity contribution in [2.75, 3.05) is 0 Å². The first-order chi connectivity index (χ1) is 10.0. The average Bonchev–Trinajstić information content (AvgIpc) is 2.48. The van der Waals surface area contributed by atoms with Gasteiger partial charge in [-0.15, -0.1) is 0 Å². The number of hydrogen-bond acceptors (Lipinski definition) is 2. The minimum Gasteiger partial charge on any atom is -0.347 e. The van der Waals surface area contributed by atoms with E-state index < -0.39 is 5.54 Å². The van der Waals surface area contributed by atoms with Crippen LogP contribution in [0.2, 0.25) is 0 Å². The molecule has 0 spiro atoms. The third kappa shape index (κ3) is 3.78. The average molecular weight is 281 g/mol. The van der Waals surface area contributed by atoms with Crippen LogP contribution < -0.4 is 5.32 Å². The van der Waals surface area contributed by atoms with Gasteiger partial charge in [0.05, 0.1) is 5.54 Å². The molecule has 0 aliphatic rings. The third-order valence-electron chi connectivity index (χ3n) is 3.47. The van der Waals surface area contributed by atoms with E-state index in [9.17, 15) is 9.59 Å². The molecule has 0 bridgehead atoms. The lowest BCUT2D eigenvalue weighted by Crippen LogP contribution is -2.44. The Bertz CT molecular complexity index is 622. The largest absolute Gasteiger partial charge is 0.347 e. The lowest BCUT2D eigenvalue weighted by atomic mass is 9.85. The molecule has 0 fully saturated rings. The first-order valence-electron chi connectivity index (χ1n) is 6.94. The van der Waals surface area contributed by atoms with Crippen LogP contribution in [-0.4, -0.2) is 11.7 Å². The van der Waals surface area contributed by atoms with Gasteiger partial charge in [0.15, 0.2) is 5.78 Å². The Morgan fingerprint density at radius 2 is 1.48 bits per heavy atom. The number of carbonyl (C=O) groups is 2. The molecule has 2 aromatic carbocycles. The molecular formula is C18H19NO2. The standard InChI is InChI=1S/C18H19NO2/c1-14(20)19-18(2,16-11-7-4-8-12-16)13-17(21)15-9-5-3-6-10-15/h3-12H,13H2,1-2H3,(H,19,20)/t18-/m1/s1. The van der Waals surface area contributed by atoms with Gasteiger partial charge < -0.3 is 5.32 Å². The number of rotatable bonds is 5. The van der Waals surface area contributed by atoms with Crippen molar-refractivity contribution in [3.63, 3.8) is 0 Å². The van der Waals surface area contributed by atoms with Gasteiger partial charge in [0.25, 0.3) is 0 Å². The van der Waals surface area contributed by atoms with E-state index in [1.807, 2.05) is 55.5 Å². The Labute approximate surface area is 125 Å². The maximum absolute atomic E-state index is 12.5. The van der Waals surface area contributed by atoms with E-state index in [2.05, 4.69) is 5.32 Å². The van der Waals surface area contributed by atoms with Gasteiger partial charge in [-0.05, 0) is 12.5 Å². The second-order valence-electron chi connectivity index (χ2n) is 5.35. The second-order valence-corrected chi connectivity index (χ2v) is 5.35. The van der Waals surface area contributed by atoms with Crippen molar-refractivity contribution in [1.29, 1.82) is 0 Å². The molecule has 108 valence electrons. The Morgan fingerprint density at radius 1 is 0.952 bits per heavy atom. The molecule has 0 aliphatic heterocycles.